The molecular formula is C26H22N2O4S. The Morgan fingerprint density at radius 1 is 1.21 bits per heavy atom. The molecule has 166 valence electrons. The molecule has 0 unspecified atom stereocenters. The minimum absolute atomic E-state index is 0.365. The zero-order valence-corrected chi connectivity index (χ0v) is 19.1. The molecule has 0 amide bonds. The molecule has 0 aliphatic rings. The molecule has 6 nitrogen and oxygen atoms in total. The number of unbranched alkanes of at least 4 members (excludes halogenated alkanes) is 1. The highest BCUT2D eigenvalue weighted by molar-refractivity contribution is 7.11. The summed E-state index contributed by atoms with van der Waals surface area (Å²) in [6.07, 6.45) is 3.75. The lowest BCUT2D eigenvalue weighted by Gasteiger charge is -2.11. The first-order valence-corrected chi connectivity index (χ1v) is 11.4. The van der Waals surface area contributed by atoms with Crippen molar-refractivity contribution in [2.24, 2.45) is 0 Å². The number of aromatic nitrogens is 1. The molecule has 0 radical (unpaired) electrons. The van der Waals surface area contributed by atoms with Crippen molar-refractivity contribution in [2.75, 3.05) is 13.7 Å². The highest BCUT2D eigenvalue weighted by Crippen LogP contribution is 2.31. The molecule has 0 bridgehead atoms. The lowest BCUT2D eigenvalue weighted by molar-refractivity contribution is 0.288. The Balaban J connectivity index is 1.64. The Hall–Kier alpha value is -3.89. The number of thiazole rings is 1. The summed E-state index contributed by atoms with van der Waals surface area (Å²) in [5.74, 6) is 1.27. The third kappa shape index (κ3) is 4.97. The zero-order chi connectivity index (χ0) is 23.2. The van der Waals surface area contributed by atoms with Crippen LogP contribution in [0.4, 0.5) is 0 Å². The SMILES string of the molecule is CCCCOc1ccc(/C=C(\C#N)c2nc(-c3cc4ccccc4oc3=O)cs2)cc1OC. The Morgan fingerprint density at radius 2 is 2.06 bits per heavy atom. The van der Waals surface area contributed by atoms with E-state index in [-0.39, 0.29) is 0 Å². The average Bonchev–Trinajstić information content (AvgIpc) is 3.32. The van der Waals surface area contributed by atoms with Crippen LogP contribution >= 0.6 is 11.3 Å². The topological polar surface area (TPSA) is 85.4 Å². The minimum Gasteiger partial charge on any atom is -0.493 e. The number of benzene rings is 2. The third-order valence-electron chi connectivity index (χ3n) is 5.03. The number of nitriles is 1. The van der Waals surface area contributed by atoms with Crippen molar-refractivity contribution in [3.8, 4) is 28.8 Å². The molecule has 0 N–H and O–H groups in total. The third-order valence-corrected chi connectivity index (χ3v) is 5.90. The predicted molar refractivity (Wildman–Crippen MR) is 130 cm³/mol. The van der Waals surface area contributed by atoms with E-state index in [1.807, 2.05) is 36.4 Å². The van der Waals surface area contributed by atoms with Gasteiger partial charge in [-0.1, -0.05) is 37.6 Å². The van der Waals surface area contributed by atoms with Gasteiger partial charge in [0.2, 0.25) is 0 Å². The van der Waals surface area contributed by atoms with E-state index in [2.05, 4.69) is 18.0 Å². The van der Waals surface area contributed by atoms with Gasteiger partial charge in [-0.3, -0.25) is 0 Å². The van der Waals surface area contributed by atoms with Gasteiger partial charge in [-0.05, 0) is 42.3 Å². The number of rotatable bonds is 8. The van der Waals surface area contributed by atoms with Crippen LogP contribution in [0.1, 0.15) is 30.3 Å². The van der Waals surface area contributed by atoms with Gasteiger partial charge in [-0.2, -0.15) is 5.26 Å². The summed E-state index contributed by atoms with van der Waals surface area (Å²) in [4.78, 5) is 17.0. The Labute approximate surface area is 195 Å². The standard InChI is InChI=1S/C26H22N2O4S/c1-3-4-11-31-23-10-9-17(13-24(23)30-2)12-19(15-27)25-28-21(16-33-25)20-14-18-7-5-6-8-22(18)32-26(20)29/h5-10,12-14,16H,3-4,11H2,1-2H3/b19-12+. The predicted octanol–water partition coefficient (Wildman–Crippen LogP) is 6.17. The van der Waals surface area contributed by atoms with Crippen LogP contribution in [0.25, 0.3) is 33.9 Å². The van der Waals surface area contributed by atoms with Crippen molar-refractivity contribution in [1.29, 1.82) is 5.26 Å². The van der Waals surface area contributed by atoms with Gasteiger partial charge in [0, 0.05) is 10.8 Å². The van der Waals surface area contributed by atoms with E-state index < -0.39 is 5.63 Å². The summed E-state index contributed by atoms with van der Waals surface area (Å²) in [5.41, 5.74) is 2.08. The summed E-state index contributed by atoms with van der Waals surface area (Å²) in [6, 6.07) is 16.8. The maximum Gasteiger partial charge on any atom is 0.345 e. The molecule has 2 heterocycles. The molecule has 33 heavy (non-hydrogen) atoms. The average molecular weight is 459 g/mol. The first-order chi connectivity index (χ1) is 16.1. The van der Waals surface area contributed by atoms with Gasteiger partial charge in [0.1, 0.15) is 16.7 Å². The Bertz CT molecular complexity index is 1410. The minimum atomic E-state index is -0.462. The van der Waals surface area contributed by atoms with E-state index in [4.69, 9.17) is 13.9 Å². The van der Waals surface area contributed by atoms with Crippen LogP contribution in [0.2, 0.25) is 0 Å². The van der Waals surface area contributed by atoms with Gasteiger partial charge < -0.3 is 13.9 Å². The number of fused-ring (bicyclic) bond motifs is 1. The molecule has 0 spiro atoms. The van der Waals surface area contributed by atoms with Gasteiger partial charge in [0.15, 0.2) is 11.5 Å². The van der Waals surface area contributed by atoms with Crippen LogP contribution in [0.5, 0.6) is 11.5 Å². The highest BCUT2D eigenvalue weighted by Gasteiger charge is 2.14. The number of methoxy groups -OCH3 is 1. The van der Waals surface area contributed by atoms with E-state index >= 15 is 0 Å². The summed E-state index contributed by atoms with van der Waals surface area (Å²) >= 11 is 1.30. The van der Waals surface area contributed by atoms with E-state index in [1.165, 1.54) is 11.3 Å². The summed E-state index contributed by atoms with van der Waals surface area (Å²) in [5, 5.41) is 12.8. The van der Waals surface area contributed by atoms with Gasteiger partial charge >= 0.3 is 5.63 Å². The molecule has 0 atom stereocenters. The van der Waals surface area contributed by atoms with Crippen molar-refractivity contribution in [1.82, 2.24) is 4.98 Å². The van der Waals surface area contributed by atoms with Crippen LogP contribution in [-0.2, 0) is 0 Å². The van der Waals surface area contributed by atoms with Gasteiger partial charge in [-0.25, -0.2) is 9.78 Å². The number of hydrogen-bond donors (Lipinski definition) is 0. The lowest BCUT2D eigenvalue weighted by Crippen LogP contribution is -2.02. The van der Waals surface area contributed by atoms with Crippen molar-refractivity contribution >= 4 is 34.0 Å². The first-order valence-electron chi connectivity index (χ1n) is 10.5. The van der Waals surface area contributed by atoms with Crippen LogP contribution in [0.15, 0.2) is 63.1 Å². The fourth-order valence-electron chi connectivity index (χ4n) is 3.29. The van der Waals surface area contributed by atoms with E-state index in [0.717, 1.165) is 23.8 Å². The van der Waals surface area contributed by atoms with Gasteiger partial charge in [-0.15, -0.1) is 11.3 Å². The van der Waals surface area contributed by atoms with E-state index in [0.29, 0.717) is 45.5 Å². The molecule has 0 saturated heterocycles. The molecular weight excluding hydrogens is 436 g/mol. The lowest BCUT2D eigenvalue weighted by atomic mass is 10.1. The van der Waals surface area contributed by atoms with E-state index in [9.17, 15) is 10.1 Å². The fourth-order valence-corrected chi connectivity index (χ4v) is 4.08. The van der Waals surface area contributed by atoms with Crippen LogP contribution in [-0.4, -0.2) is 18.7 Å². The Morgan fingerprint density at radius 3 is 2.85 bits per heavy atom. The normalized spacial score (nSPS) is 11.4. The number of hydrogen-bond acceptors (Lipinski definition) is 7. The van der Waals surface area contributed by atoms with Gasteiger partial charge in [0.05, 0.1) is 30.5 Å². The summed E-state index contributed by atoms with van der Waals surface area (Å²) in [7, 11) is 1.59. The molecule has 7 heteroatoms. The highest BCUT2D eigenvalue weighted by atomic mass is 32.1. The van der Waals surface area contributed by atoms with E-state index in [1.54, 1.807) is 30.7 Å². The largest absolute Gasteiger partial charge is 0.493 e. The second kappa shape index (κ2) is 10.2. The van der Waals surface area contributed by atoms with Crippen molar-refractivity contribution in [3.63, 3.8) is 0 Å². The fraction of sp³-hybridized carbons (Fsp3) is 0.192. The summed E-state index contributed by atoms with van der Waals surface area (Å²) in [6.45, 7) is 2.73. The Kier molecular flexibility index (Phi) is 6.86. The number of nitrogens with zero attached hydrogens (tertiary/aromatic N) is 2. The van der Waals surface area contributed by atoms with Crippen molar-refractivity contribution < 1.29 is 13.9 Å². The first kappa shape index (κ1) is 22.3. The van der Waals surface area contributed by atoms with Crippen LogP contribution in [0.3, 0.4) is 0 Å². The molecule has 4 aromatic rings. The van der Waals surface area contributed by atoms with Crippen molar-refractivity contribution in [3.05, 3.63) is 74.9 Å². The molecule has 0 aliphatic heterocycles. The molecule has 2 aromatic carbocycles. The molecule has 2 aromatic heterocycles. The molecule has 0 aliphatic carbocycles. The zero-order valence-electron chi connectivity index (χ0n) is 18.3. The molecule has 0 saturated carbocycles. The van der Waals surface area contributed by atoms with Gasteiger partial charge in [0.25, 0.3) is 0 Å². The molecule has 4 rings (SSSR count). The summed E-state index contributed by atoms with van der Waals surface area (Å²) < 4.78 is 16.6. The van der Waals surface area contributed by atoms with Crippen LogP contribution < -0.4 is 15.1 Å². The maximum atomic E-state index is 12.5. The molecule has 0 fully saturated rings. The second-order valence-corrected chi connectivity index (χ2v) is 8.16. The number of allylic oxidation sites excluding steroid dienone is 1. The smallest absolute Gasteiger partial charge is 0.345 e. The monoisotopic (exact) mass is 458 g/mol. The van der Waals surface area contributed by atoms with Crippen LogP contribution in [0, 0.1) is 11.3 Å². The maximum absolute atomic E-state index is 12.5. The second-order valence-electron chi connectivity index (χ2n) is 7.31. The quantitative estimate of drug-likeness (QED) is 0.178. The number of ether oxygens (including phenoxy) is 2. The number of para-hydroxylation sites is 1. The van der Waals surface area contributed by atoms with Crippen molar-refractivity contribution in [2.45, 2.75) is 19.8 Å².